The predicted octanol–water partition coefficient (Wildman–Crippen LogP) is 2.18. The first-order valence-corrected chi connectivity index (χ1v) is 9.71. The summed E-state index contributed by atoms with van der Waals surface area (Å²) in [5, 5.41) is 7.06. The van der Waals surface area contributed by atoms with Gasteiger partial charge in [0.25, 0.3) is 5.91 Å². The van der Waals surface area contributed by atoms with Gasteiger partial charge in [-0.05, 0) is 34.5 Å². The minimum absolute atomic E-state index is 0.0280. The molecule has 2 aliphatic heterocycles. The highest BCUT2D eigenvalue weighted by molar-refractivity contribution is 7.07. The minimum atomic E-state index is -0.763. The summed E-state index contributed by atoms with van der Waals surface area (Å²) in [6, 6.07) is 9.41. The molecule has 0 bridgehead atoms. The molecule has 6 nitrogen and oxygen atoms in total. The number of amides is 2. The third-order valence-electron chi connectivity index (χ3n) is 4.78. The number of carbonyl (C=O) groups excluding carboxylic acids is 2. The van der Waals surface area contributed by atoms with Crippen LogP contribution in [0.4, 0.5) is 5.69 Å². The number of para-hydroxylation sites is 2. The standard InChI is InChI=1S/C19H21N3O3S/c23-18(11-17-19(24)20-15-3-1-2-4-16(15)25-17)22-8-6-21(7-9-22)12-14-5-10-26-13-14/h1-5,10,13,17H,6-9,11-12H2,(H,20,24)/t17-/m1/s1. The van der Waals surface area contributed by atoms with Crippen molar-refractivity contribution >= 4 is 28.8 Å². The number of thiophene rings is 1. The van der Waals surface area contributed by atoms with Crippen LogP contribution in [0.25, 0.3) is 0 Å². The highest BCUT2D eigenvalue weighted by Gasteiger charge is 2.32. The average molecular weight is 371 g/mol. The minimum Gasteiger partial charge on any atom is -0.478 e. The Labute approximate surface area is 156 Å². The van der Waals surface area contributed by atoms with E-state index < -0.39 is 6.10 Å². The van der Waals surface area contributed by atoms with Gasteiger partial charge in [0.05, 0.1) is 12.1 Å². The molecule has 0 aliphatic carbocycles. The van der Waals surface area contributed by atoms with Gasteiger partial charge in [0.2, 0.25) is 5.91 Å². The molecule has 3 heterocycles. The fourth-order valence-corrected chi connectivity index (χ4v) is 3.97. The molecule has 0 saturated carbocycles. The number of benzene rings is 1. The van der Waals surface area contributed by atoms with E-state index in [2.05, 4.69) is 27.0 Å². The number of rotatable bonds is 4. The lowest BCUT2D eigenvalue weighted by Gasteiger charge is -2.35. The molecule has 4 rings (SSSR count). The van der Waals surface area contributed by atoms with Gasteiger partial charge in [-0.1, -0.05) is 12.1 Å². The second kappa shape index (κ2) is 7.47. The van der Waals surface area contributed by atoms with Crippen LogP contribution in [0.1, 0.15) is 12.0 Å². The Bertz CT molecular complexity index is 785. The van der Waals surface area contributed by atoms with Gasteiger partial charge in [-0.25, -0.2) is 0 Å². The summed E-state index contributed by atoms with van der Waals surface area (Å²) in [6.07, 6.45) is -0.689. The molecule has 1 aromatic heterocycles. The van der Waals surface area contributed by atoms with Crippen LogP contribution in [-0.4, -0.2) is 53.9 Å². The van der Waals surface area contributed by atoms with Crippen LogP contribution in [0.5, 0.6) is 5.75 Å². The Morgan fingerprint density at radius 2 is 2.00 bits per heavy atom. The van der Waals surface area contributed by atoms with Crippen molar-refractivity contribution in [2.75, 3.05) is 31.5 Å². The molecule has 26 heavy (non-hydrogen) atoms. The van der Waals surface area contributed by atoms with Crippen molar-refractivity contribution in [3.63, 3.8) is 0 Å². The third kappa shape index (κ3) is 3.73. The summed E-state index contributed by atoms with van der Waals surface area (Å²) >= 11 is 1.71. The van der Waals surface area contributed by atoms with E-state index in [1.54, 1.807) is 23.5 Å². The second-order valence-corrected chi connectivity index (χ2v) is 7.36. The molecule has 1 saturated heterocycles. The average Bonchev–Trinajstić information content (AvgIpc) is 3.16. The first-order chi connectivity index (χ1) is 12.7. The maximum absolute atomic E-state index is 12.6. The Morgan fingerprint density at radius 1 is 1.19 bits per heavy atom. The number of ether oxygens (including phenoxy) is 1. The number of nitrogens with one attached hydrogen (secondary N) is 1. The highest BCUT2D eigenvalue weighted by atomic mass is 32.1. The number of nitrogens with zero attached hydrogens (tertiary/aromatic N) is 2. The fraction of sp³-hybridized carbons (Fsp3) is 0.368. The number of hydrogen-bond donors (Lipinski definition) is 1. The van der Waals surface area contributed by atoms with Crippen LogP contribution in [0, 0.1) is 0 Å². The zero-order chi connectivity index (χ0) is 17.9. The Balaban J connectivity index is 1.30. The quantitative estimate of drug-likeness (QED) is 0.895. The molecule has 1 fully saturated rings. The summed E-state index contributed by atoms with van der Waals surface area (Å²) in [7, 11) is 0. The molecule has 1 atom stereocenters. The Kier molecular flexibility index (Phi) is 4.90. The molecule has 2 amide bonds. The molecule has 0 radical (unpaired) electrons. The molecule has 136 valence electrons. The van der Waals surface area contributed by atoms with Crippen LogP contribution < -0.4 is 10.1 Å². The van der Waals surface area contributed by atoms with Gasteiger partial charge in [0.1, 0.15) is 5.75 Å². The summed E-state index contributed by atoms with van der Waals surface area (Å²) < 4.78 is 5.73. The van der Waals surface area contributed by atoms with Crippen LogP contribution in [0.2, 0.25) is 0 Å². The van der Waals surface area contributed by atoms with Gasteiger partial charge in [0.15, 0.2) is 6.10 Å². The third-order valence-corrected chi connectivity index (χ3v) is 5.51. The van der Waals surface area contributed by atoms with Crippen molar-refractivity contribution < 1.29 is 14.3 Å². The van der Waals surface area contributed by atoms with Crippen molar-refractivity contribution in [1.29, 1.82) is 0 Å². The summed E-state index contributed by atoms with van der Waals surface area (Å²) in [5.41, 5.74) is 1.98. The maximum atomic E-state index is 12.6. The maximum Gasteiger partial charge on any atom is 0.266 e. The smallest absolute Gasteiger partial charge is 0.266 e. The van der Waals surface area contributed by atoms with Crippen molar-refractivity contribution in [2.45, 2.75) is 19.1 Å². The van der Waals surface area contributed by atoms with E-state index in [-0.39, 0.29) is 18.2 Å². The van der Waals surface area contributed by atoms with E-state index in [0.29, 0.717) is 24.5 Å². The second-order valence-electron chi connectivity index (χ2n) is 6.58. The summed E-state index contributed by atoms with van der Waals surface area (Å²) in [6.45, 7) is 4.00. The SMILES string of the molecule is O=C1Nc2ccccc2O[C@@H]1CC(=O)N1CCN(Cc2ccsc2)CC1. The van der Waals surface area contributed by atoms with Gasteiger partial charge < -0.3 is 15.0 Å². The number of fused-ring (bicyclic) bond motifs is 1. The van der Waals surface area contributed by atoms with Crippen LogP contribution in [-0.2, 0) is 16.1 Å². The molecule has 1 aromatic carbocycles. The lowest BCUT2D eigenvalue weighted by molar-refractivity contribution is -0.138. The molecule has 0 spiro atoms. The van der Waals surface area contributed by atoms with Gasteiger partial charge in [-0.3, -0.25) is 14.5 Å². The molecule has 1 N–H and O–H groups in total. The fourth-order valence-electron chi connectivity index (χ4n) is 3.31. The zero-order valence-electron chi connectivity index (χ0n) is 14.4. The zero-order valence-corrected chi connectivity index (χ0v) is 15.2. The summed E-state index contributed by atoms with van der Waals surface area (Å²) in [4.78, 5) is 29.0. The molecule has 2 aliphatic rings. The van der Waals surface area contributed by atoms with Crippen LogP contribution >= 0.6 is 11.3 Å². The first kappa shape index (κ1) is 17.1. The largest absolute Gasteiger partial charge is 0.478 e. The first-order valence-electron chi connectivity index (χ1n) is 8.77. The van der Waals surface area contributed by atoms with Crippen LogP contribution in [0.15, 0.2) is 41.1 Å². The molecule has 7 heteroatoms. The Morgan fingerprint density at radius 3 is 2.77 bits per heavy atom. The van der Waals surface area contributed by atoms with Gasteiger partial charge >= 0.3 is 0 Å². The van der Waals surface area contributed by atoms with Crippen LogP contribution in [0.3, 0.4) is 0 Å². The van der Waals surface area contributed by atoms with Crippen molar-refractivity contribution in [3.8, 4) is 5.75 Å². The molecule has 0 unspecified atom stereocenters. The number of anilines is 1. The van der Waals surface area contributed by atoms with E-state index in [4.69, 9.17) is 4.74 Å². The summed E-state index contributed by atoms with van der Waals surface area (Å²) in [5.74, 6) is 0.332. The van der Waals surface area contributed by atoms with E-state index in [9.17, 15) is 9.59 Å². The van der Waals surface area contributed by atoms with E-state index >= 15 is 0 Å². The van der Waals surface area contributed by atoms with E-state index in [0.717, 1.165) is 19.6 Å². The van der Waals surface area contributed by atoms with Gasteiger partial charge in [-0.2, -0.15) is 11.3 Å². The Hall–Kier alpha value is -2.38. The van der Waals surface area contributed by atoms with Gasteiger partial charge in [0, 0.05) is 32.7 Å². The molecule has 2 aromatic rings. The van der Waals surface area contributed by atoms with E-state index in [1.807, 2.05) is 17.0 Å². The number of hydrogen-bond acceptors (Lipinski definition) is 5. The van der Waals surface area contributed by atoms with E-state index in [1.165, 1.54) is 5.56 Å². The van der Waals surface area contributed by atoms with Crippen molar-refractivity contribution in [1.82, 2.24) is 9.80 Å². The monoisotopic (exact) mass is 371 g/mol. The normalized spacial score (nSPS) is 20.2. The predicted molar refractivity (Wildman–Crippen MR) is 100 cm³/mol. The van der Waals surface area contributed by atoms with Gasteiger partial charge in [-0.15, -0.1) is 0 Å². The highest BCUT2D eigenvalue weighted by Crippen LogP contribution is 2.29. The number of piperazine rings is 1. The molecular formula is C19H21N3O3S. The van der Waals surface area contributed by atoms with Crippen molar-refractivity contribution in [3.05, 3.63) is 46.7 Å². The molecular weight excluding hydrogens is 350 g/mol. The number of carbonyl (C=O) groups is 2. The lowest BCUT2D eigenvalue weighted by atomic mass is 10.1. The topological polar surface area (TPSA) is 61.9 Å². The van der Waals surface area contributed by atoms with Crippen molar-refractivity contribution in [2.24, 2.45) is 0 Å². The lowest BCUT2D eigenvalue weighted by Crippen LogP contribution is -2.50.